The number of hydrogen-bond acceptors (Lipinski definition) is 8. The molecule has 8 rings (SSSR count). The van der Waals surface area contributed by atoms with E-state index in [0.29, 0.717) is 32.2 Å². The topological polar surface area (TPSA) is 173 Å². The van der Waals surface area contributed by atoms with Crippen molar-refractivity contribution in [2.24, 2.45) is 5.92 Å². The minimum atomic E-state index is -3.67. The van der Waals surface area contributed by atoms with Crippen LogP contribution in [0.2, 0.25) is 0 Å². The molecule has 254 valence electrons. The van der Waals surface area contributed by atoms with Crippen molar-refractivity contribution in [1.29, 1.82) is 0 Å². The molecule has 6 atom stereocenters. The van der Waals surface area contributed by atoms with Crippen molar-refractivity contribution in [2.45, 2.75) is 62.4 Å². The number of rotatable bonds is 4. The molecule has 0 unspecified atom stereocenters. The molecule has 3 aromatic rings. The van der Waals surface area contributed by atoms with Crippen LogP contribution in [-0.2, 0) is 42.1 Å². The Morgan fingerprint density at radius 1 is 1.15 bits per heavy atom. The van der Waals surface area contributed by atoms with E-state index in [1.54, 1.807) is 4.90 Å². The minimum absolute atomic E-state index is 0.144. The number of carbonyl (C=O) groups is 3. The second kappa shape index (κ2) is 11.5. The van der Waals surface area contributed by atoms with Crippen molar-refractivity contribution in [3.05, 3.63) is 77.5 Å². The molecular formula is C34H39N5O8S. The molecule has 0 saturated carbocycles. The third-order valence-electron chi connectivity index (χ3n) is 10.1. The highest BCUT2D eigenvalue weighted by atomic mass is 32.2. The van der Waals surface area contributed by atoms with Crippen LogP contribution in [0.3, 0.4) is 0 Å². The van der Waals surface area contributed by atoms with E-state index in [2.05, 4.69) is 33.5 Å². The summed E-state index contributed by atoms with van der Waals surface area (Å²) in [6, 6.07) is 14.1. The number of H-pyrrole nitrogens is 1. The number of aliphatic hydroxyl groups is 1. The van der Waals surface area contributed by atoms with Crippen LogP contribution in [0.5, 0.6) is 0 Å². The molecular weight excluding hydrogens is 638 g/mol. The van der Waals surface area contributed by atoms with Crippen LogP contribution < -0.4 is 5.32 Å². The zero-order chi connectivity index (χ0) is 34.2. The molecule has 3 fully saturated rings. The summed E-state index contributed by atoms with van der Waals surface area (Å²) in [7, 11) is -1.65. The van der Waals surface area contributed by atoms with E-state index in [0.717, 1.165) is 28.6 Å². The van der Waals surface area contributed by atoms with Crippen LogP contribution >= 0.6 is 0 Å². The summed E-state index contributed by atoms with van der Waals surface area (Å²) in [4.78, 5) is 50.2. The highest BCUT2D eigenvalue weighted by Crippen LogP contribution is 2.46. The number of aromatic nitrogens is 1. The van der Waals surface area contributed by atoms with Crippen LogP contribution in [0.4, 0.5) is 0 Å². The molecule has 1 aromatic heterocycles. The van der Waals surface area contributed by atoms with Crippen molar-refractivity contribution in [3.63, 3.8) is 0 Å². The number of carbonyl (C=O) groups excluding carboxylic acids is 3. The van der Waals surface area contributed by atoms with Gasteiger partial charge >= 0.3 is 0 Å². The first-order valence-electron chi connectivity index (χ1n) is 16.0. The van der Waals surface area contributed by atoms with Gasteiger partial charge in [0.15, 0.2) is 0 Å². The van der Waals surface area contributed by atoms with Crippen LogP contribution in [-0.4, -0.2) is 112 Å². The molecule has 5 heterocycles. The van der Waals surface area contributed by atoms with Crippen LogP contribution in [0.1, 0.15) is 36.5 Å². The summed E-state index contributed by atoms with van der Waals surface area (Å²) in [6.45, 7) is 2.45. The van der Waals surface area contributed by atoms with Gasteiger partial charge in [-0.3, -0.25) is 33.5 Å². The van der Waals surface area contributed by atoms with E-state index in [1.165, 1.54) is 22.8 Å². The molecule has 13 nitrogen and oxygen atoms in total. The fraction of sp³-hybridized carbons (Fsp3) is 0.441. The number of piperazine rings is 1. The van der Waals surface area contributed by atoms with Crippen molar-refractivity contribution < 1.29 is 37.2 Å². The normalized spacial score (nSPS) is 31.1. The van der Waals surface area contributed by atoms with Crippen molar-refractivity contribution >= 4 is 44.3 Å². The van der Waals surface area contributed by atoms with Gasteiger partial charge in [-0.05, 0) is 61.6 Å². The quantitative estimate of drug-likeness (QED) is 0.299. The molecule has 0 bridgehead atoms. The smallest absolute Gasteiger partial charge is 0.280 e. The molecule has 3 saturated heterocycles. The fourth-order valence-electron chi connectivity index (χ4n) is 8.12. The van der Waals surface area contributed by atoms with E-state index in [1.807, 2.05) is 49.5 Å². The number of nitrogens with zero attached hydrogens (tertiary/aromatic N) is 3. The number of aromatic amines is 1. The SMILES string of the molecule is CN1C[C@@H](C(=O)N[C@]2(C)O[C@@]3(O)[C@@H]4CCCN4C(=O)[C@H](Cc4ccccc4)N3C2=O)C=C2c3cccc4[nH]cc(c34)C[C@H]21.CS(=O)(=O)O. The Hall–Kier alpha value is -4.08. The standard InChI is InChI=1S/C33H35N5O5.CH4O3S/c1-32(35-29(39)21-15-23-22-10-6-11-24-28(22)20(17-34-24)16-25(23)36(2)18-21)31(41)38-26(14-19-8-4-3-5-9-19)30(40)37-13-7-12-27(37)33(38,42)43-32;1-5(2,3)4/h3-6,8-11,15,17,21,25-27,34,42H,7,12-14,16,18H2,1-2H3,(H,35,39);1H3,(H,2,3,4)/t21-,25+,26-,27-,32+,33-;/m0./s1. The van der Waals surface area contributed by atoms with Gasteiger partial charge in [0.2, 0.25) is 17.5 Å². The number of hydrogen-bond donors (Lipinski definition) is 4. The number of amides is 3. The van der Waals surface area contributed by atoms with Gasteiger partial charge in [-0.2, -0.15) is 8.42 Å². The van der Waals surface area contributed by atoms with Gasteiger partial charge < -0.3 is 20.3 Å². The fourth-order valence-corrected chi connectivity index (χ4v) is 8.12. The Balaban J connectivity index is 0.000000681. The maximum absolute atomic E-state index is 14.2. The maximum atomic E-state index is 14.2. The van der Waals surface area contributed by atoms with Gasteiger partial charge in [0.05, 0.1) is 12.2 Å². The third-order valence-corrected chi connectivity index (χ3v) is 10.1. The molecule has 14 heteroatoms. The molecule has 0 spiro atoms. The van der Waals surface area contributed by atoms with Crippen molar-refractivity contribution in [3.8, 4) is 0 Å². The Morgan fingerprint density at radius 2 is 1.88 bits per heavy atom. The molecule has 4 N–H and O–H groups in total. The Bertz CT molecular complexity index is 1940. The number of likely N-dealkylation sites (N-methyl/N-ethyl adjacent to an activating group) is 1. The second-order valence-electron chi connectivity index (χ2n) is 13.5. The lowest BCUT2D eigenvalue weighted by molar-refractivity contribution is -0.315. The number of nitrogens with one attached hydrogen (secondary N) is 2. The van der Waals surface area contributed by atoms with Gasteiger partial charge in [-0.1, -0.05) is 48.5 Å². The van der Waals surface area contributed by atoms with E-state index < -0.39 is 45.7 Å². The largest absolute Gasteiger partial charge is 0.361 e. The predicted octanol–water partition coefficient (Wildman–Crippen LogP) is 1.49. The zero-order valence-corrected chi connectivity index (χ0v) is 27.7. The lowest BCUT2D eigenvalue weighted by atomic mass is 9.79. The molecule has 5 aliphatic rings. The highest BCUT2D eigenvalue weighted by molar-refractivity contribution is 7.85. The third kappa shape index (κ3) is 5.41. The lowest BCUT2D eigenvalue weighted by Gasteiger charge is -2.48. The minimum Gasteiger partial charge on any atom is -0.361 e. The van der Waals surface area contributed by atoms with Gasteiger partial charge in [0, 0.05) is 42.7 Å². The van der Waals surface area contributed by atoms with E-state index in [4.69, 9.17) is 9.29 Å². The van der Waals surface area contributed by atoms with Gasteiger partial charge in [0.1, 0.15) is 12.1 Å². The Labute approximate surface area is 278 Å². The van der Waals surface area contributed by atoms with E-state index in [9.17, 15) is 27.9 Å². The predicted molar refractivity (Wildman–Crippen MR) is 175 cm³/mol. The maximum Gasteiger partial charge on any atom is 0.280 e. The summed E-state index contributed by atoms with van der Waals surface area (Å²) in [5.41, 5.74) is 3.58. The number of benzene rings is 2. The summed E-state index contributed by atoms with van der Waals surface area (Å²) in [5, 5.41) is 16.1. The monoisotopic (exact) mass is 677 g/mol. The van der Waals surface area contributed by atoms with Gasteiger partial charge in [0.25, 0.3) is 21.9 Å². The highest BCUT2D eigenvalue weighted by Gasteiger charge is 2.70. The van der Waals surface area contributed by atoms with E-state index in [-0.39, 0.29) is 24.3 Å². The lowest BCUT2D eigenvalue weighted by Crippen LogP contribution is -2.71. The number of fused-ring (bicyclic) bond motifs is 5. The average molecular weight is 678 g/mol. The van der Waals surface area contributed by atoms with Crippen LogP contribution in [0.25, 0.3) is 16.5 Å². The van der Waals surface area contributed by atoms with Crippen molar-refractivity contribution in [2.75, 3.05) is 26.4 Å². The first-order valence-corrected chi connectivity index (χ1v) is 17.9. The summed E-state index contributed by atoms with van der Waals surface area (Å²) in [5.74, 6) is -3.77. The molecule has 4 aliphatic heterocycles. The van der Waals surface area contributed by atoms with E-state index >= 15 is 0 Å². The van der Waals surface area contributed by atoms with Crippen molar-refractivity contribution in [1.82, 2.24) is 25.0 Å². The average Bonchev–Trinajstić information content (AvgIpc) is 3.73. The zero-order valence-electron chi connectivity index (χ0n) is 26.9. The molecule has 0 radical (unpaired) electrons. The first-order chi connectivity index (χ1) is 22.7. The molecule has 2 aromatic carbocycles. The van der Waals surface area contributed by atoms with Gasteiger partial charge in [-0.25, -0.2) is 0 Å². The second-order valence-corrected chi connectivity index (χ2v) is 15.0. The molecule has 1 aliphatic carbocycles. The summed E-state index contributed by atoms with van der Waals surface area (Å²) >= 11 is 0. The molecule has 48 heavy (non-hydrogen) atoms. The van der Waals surface area contributed by atoms with Gasteiger partial charge in [-0.15, -0.1) is 0 Å². The summed E-state index contributed by atoms with van der Waals surface area (Å²) < 4.78 is 32.1. The molecule has 3 amide bonds. The summed E-state index contributed by atoms with van der Waals surface area (Å²) in [6.07, 6.45) is 7.10. The first kappa shape index (κ1) is 32.5. The number of ether oxygens (including phenoxy) is 1. The Kier molecular flexibility index (Phi) is 7.79. The van der Waals surface area contributed by atoms with Crippen LogP contribution in [0.15, 0.2) is 60.8 Å². The van der Waals surface area contributed by atoms with Crippen LogP contribution in [0, 0.1) is 5.92 Å². The Morgan fingerprint density at radius 3 is 2.60 bits per heavy atom.